The third kappa shape index (κ3) is 4.33. The van der Waals surface area contributed by atoms with E-state index in [4.69, 9.17) is 0 Å². The first kappa shape index (κ1) is 18.6. The molecule has 27 heavy (non-hydrogen) atoms. The van der Waals surface area contributed by atoms with Gasteiger partial charge in [-0.15, -0.1) is 0 Å². The standard InChI is InChI=1S/C17H17F3N6O.2H2/c1-16(2,15(27)24-9-17(18,19)20)26-12-5-7-22-14(25-12)11-8-23-13-10(11)4-3-6-21-13;;/h3-8H,9H2,1-2H3,(H,21,23)(H,24,27)(H,22,25,26);2*1H. The molecule has 0 aromatic carbocycles. The quantitative estimate of drug-likeness (QED) is 0.629. The lowest BCUT2D eigenvalue weighted by molar-refractivity contribution is -0.140. The first-order chi connectivity index (χ1) is 12.7. The van der Waals surface area contributed by atoms with Crippen LogP contribution in [0.5, 0.6) is 0 Å². The van der Waals surface area contributed by atoms with Crippen LogP contribution < -0.4 is 10.6 Å². The number of nitrogens with zero attached hydrogens (tertiary/aromatic N) is 3. The van der Waals surface area contributed by atoms with E-state index in [1.54, 1.807) is 18.5 Å². The molecular formula is C17H21F3N6O. The molecule has 0 unspecified atom stereocenters. The number of pyridine rings is 1. The summed E-state index contributed by atoms with van der Waals surface area (Å²) >= 11 is 0. The lowest BCUT2D eigenvalue weighted by Gasteiger charge is -2.26. The SMILES string of the molecule is CC(C)(Nc1ccnc(-c2c[nH]c3ncccc23)n1)C(=O)NCC(F)(F)F.[HH].[HH]. The van der Waals surface area contributed by atoms with Gasteiger partial charge in [0.1, 0.15) is 23.5 Å². The van der Waals surface area contributed by atoms with E-state index in [0.717, 1.165) is 10.9 Å². The number of fused-ring (bicyclic) bond motifs is 1. The molecule has 3 aromatic rings. The number of anilines is 1. The molecule has 3 heterocycles. The summed E-state index contributed by atoms with van der Waals surface area (Å²) in [7, 11) is 0. The molecule has 0 saturated heterocycles. The van der Waals surface area contributed by atoms with E-state index < -0.39 is 24.2 Å². The Morgan fingerprint density at radius 1 is 1.22 bits per heavy atom. The van der Waals surface area contributed by atoms with Gasteiger partial charge in [-0.3, -0.25) is 4.79 Å². The topological polar surface area (TPSA) is 95.6 Å². The Labute approximate surface area is 155 Å². The fraction of sp³-hybridized carbons (Fsp3) is 0.294. The van der Waals surface area contributed by atoms with Gasteiger partial charge in [-0.05, 0) is 32.0 Å². The molecule has 0 aliphatic rings. The number of aromatic amines is 1. The summed E-state index contributed by atoms with van der Waals surface area (Å²) in [5, 5.41) is 5.55. The Kier molecular flexibility index (Phi) is 4.73. The van der Waals surface area contributed by atoms with Crippen molar-refractivity contribution in [1.82, 2.24) is 25.3 Å². The van der Waals surface area contributed by atoms with Gasteiger partial charge in [-0.1, -0.05) is 0 Å². The Hall–Kier alpha value is -3.17. The highest BCUT2D eigenvalue weighted by atomic mass is 19.4. The van der Waals surface area contributed by atoms with E-state index in [1.165, 1.54) is 26.1 Å². The van der Waals surface area contributed by atoms with Gasteiger partial charge in [0.15, 0.2) is 5.82 Å². The molecule has 0 aliphatic heterocycles. The molecule has 0 atom stereocenters. The zero-order valence-corrected chi connectivity index (χ0v) is 14.6. The maximum atomic E-state index is 12.3. The van der Waals surface area contributed by atoms with Crippen LogP contribution in [0.25, 0.3) is 22.4 Å². The van der Waals surface area contributed by atoms with Crippen molar-refractivity contribution in [2.24, 2.45) is 0 Å². The summed E-state index contributed by atoms with van der Waals surface area (Å²) < 4.78 is 36.9. The van der Waals surface area contributed by atoms with Crippen LogP contribution in [0.2, 0.25) is 0 Å². The monoisotopic (exact) mass is 382 g/mol. The van der Waals surface area contributed by atoms with Gasteiger partial charge in [0.2, 0.25) is 5.91 Å². The fourth-order valence-corrected chi connectivity index (χ4v) is 2.48. The molecule has 3 N–H and O–H groups in total. The number of carbonyl (C=O) groups excluding carboxylic acids is 1. The maximum Gasteiger partial charge on any atom is 0.405 e. The molecule has 1 amide bonds. The molecular weight excluding hydrogens is 361 g/mol. The lowest BCUT2D eigenvalue weighted by Crippen LogP contribution is -2.50. The van der Waals surface area contributed by atoms with Crippen molar-refractivity contribution in [2.75, 3.05) is 11.9 Å². The molecule has 0 spiro atoms. The van der Waals surface area contributed by atoms with Crippen molar-refractivity contribution in [2.45, 2.75) is 25.6 Å². The highest BCUT2D eigenvalue weighted by Crippen LogP contribution is 2.25. The van der Waals surface area contributed by atoms with E-state index >= 15 is 0 Å². The molecule has 0 fully saturated rings. The lowest BCUT2D eigenvalue weighted by atomic mass is 10.0. The molecule has 3 rings (SSSR count). The minimum atomic E-state index is -4.47. The van der Waals surface area contributed by atoms with E-state index in [1.807, 2.05) is 11.4 Å². The highest BCUT2D eigenvalue weighted by Gasteiger charge is 2.33. The normalized spacial score (nSPS) is 12.2. The van der Waals surface area contributed by atoms with E-state index in [9.17, 15) is 18.0 Å². The van der Waals surface area contributed by atoms with Crippen molar-refractivity contribution in [3.63, 3.8) is 0 Å². The van der Waals surface area contributed by atoms with E-state index in [-0.39, 0.29) is 2.85 Å². The third-order valence-electron chi connectivity index (χ3n) is 3.81. The minimum Gasteiger partial charge on any atom is -0.356 e. The van der Waals surface area contributed by atoms with Crippen LogP contribution in [0.4, 0.5) is 19.0 Å². The Morgan fingerprint density at radius 2 is 2.00 bits per heavy atom. The first-order valence-electron chi connectivity index (χ1n) is 8.04. The largest absolute Gasteiger partial charge is 0.405 e. The van der Waals surface area contributed by atoms with Crippen molar-refractivity contribution >= 4 is 22.8 Å². The van der Waals surface area contributed by atoms with Crippen LogP contribution in [-0.4, -0.2) is 44.1 Å². The average Bonchev–Trinajstić information content (AvgIpc) is 3.03. The molecule has 146 valence electrons. The van der Waals surface area contributed by atoms with E-state index in [0.29, 0.717) is 17.3 Å². The zero-order valence-electron chi connectivity index (χ0n) is 14.6. The Balaban J connectivity index is 0.00000210. The highest BCUT2D eigenvalue weighted by molar-refractivity contribution is 5.92. The van der Waals surface area contributed by atoms with Gasteiger partial charge in [0, 0.05) is 32.4 Å². The predicted octanol–water partition coefficient (Wildman–Crippen LogP) is 3.38. The van der Waals surface area contributed by atoms with Crippen LogP contribution in [0.3, 0.4) is 0 Å². The number of alkyl halides is 3. The van der Waals surface area contributed by atoms with Crippen LogP contribution in [0.1, 0.15) is 16.7 Å². The fourth-order valence-electron chi connectivity index (χ4n) is 2.48. The summed E-state index contributed by atoms with van der Waals surface area (Å²) in [6.07, 6.45) is 0.405. The number of hydrogen-bond acceptors (Lipinski definition) is 5. The molecule has 0 radical (unpaired) electrons. The number of carbonyl (C=O) groups is 1. The second-order valence-corrected chi connectivity index (χ2v) is 6.42. The summed E-state index contributed by atoms with van der Waals surface area (Å²) in [4.78, 5) is 27.9. The summed E-state index contributed by atoms with van der Waals surface area (Å²) in [5.74, 6) is -0.0903. The smallest absolute Gasteiger partial charge is 0.356 e. The van der Waals surface area contributed by atoms with Crippen LogP contribution >= 0.6 is 0 Å². The van der Waals surface area contributed by atoms with Crippen LogP contribution in [-0.2, 0) is 4.79 Å². The summed E-state index contributed by atoms with van der Waals surface area (Å²) in [5.41, 5.74) is 0.0981. The molecule has 3 aromatic heterocycles. The van der Waals surface area contributed by atoms with Gasteiger partial charge in [0.25, 0.3) is 0 Å². The van der Waals surface area contributed by atoms with Crippen molar-refractivity contribution in [3.05, 3.63) is 36.8 Å². The second kappa shape index (κ2) is 6.86. The van der Waals surface area contributed by atoms with Gasteiger partial charge in [-0.2, -0.15) is 13.2 Å². The predicted molar refractivity (Wildman–Crippen MR) is 98.1 cm³/mol. The Bertz CT molecular complexity index is 977. The number of aromatic nitrogens is 4. The molecule has 7 nitrogen and oxygen atoms in total. The third-order valence-corrected chi connectivity index (χ3v) is 3.81. The summed E-state index contributed by atoms with van der Waals surface area (Å²) in [6.45, 7) is 1.54. The number of halogens is 3. The molecule has 0 bridgehead atoms. The average molecular weight is 382 g/mol. The summed E-state index contributed by atoms with van der Waals surface area (Å²) in [6, 6.07) is 5.19. The van der Waals surface area contributed by atoms with Crippen LogP contribution in [0, 0.1) is 0 Å². The van der Waals surface area contributed by atoms with Gasteiger partial charge in [-0.25, -0.2) is 15.0 Å². The van der Waals surface area contributed by atoms with Crippen LogP contribution in [0.15, 0.2) is 36.8 Å². The molecule has 0 aliphatic carbocycles. The number of amides is 1. The Morgan fingerprint density at radius 3 is 2.74 bits per heavy atom. The van der Waals surface area contributed by atoms with Crippen molar-refractivity contribution < 1.29 is 20.8 Å². The second-order valence-electron chi connectivity index (χ2n) is 6.42. The molecule has 0 saturated carbocycles. The van der Waals surface area contributed by atoms with E-state index in [2.05, 4.69) is 25.3 Å². The number of H-pyrrole nitrogens is 1. The number of hydrogen-bond donors (Lipinski definition) is 3. The van der Waals surface area contributed by atoms with Gasteiger partial charge >= 0.3 is 6.18 Å². The first-order valence-corrected chi connectivity index (χ1v) is 8.04. The number of nitrogens with one attached hydrogen (secondary N) is 3. The number of rotatable bonds is 5. The van der Waals surface area contributed by atoms with Gasteiger partial charge < -0.3 is 15.6 Å². The van der Waals surface area contributed by atoms with Gasteiger partial charge in [0.05, 0.1) is 0 Å². The van der Waals surface area contributed by atoms with Crippen molar-refractivity contribution in [3.8, 4) is 11.4 Å². The zero-order chi connectivity index (χ0) is 19.7. The maximum absolute atomic E-state index is 12.3. The van der Waals surface area contributed by atoms with Crippen molar-refractivity contribution in [1.29, 1.82) is 0 Å². The minimum absolute atomic E-state index is 0. The molecule has 10 heteroatoms.